The van der Waals surface area contributed by atoms with E-state index in [2.05, 4.69) is 27.8 Å². The SMILES string of the molecule is CCCC[N+](C)(CCCC)CCCC.O=C([O-])C=CC(=O)[O-].[K+]. The van der Waals surface area contributed by atoms with Gasteiger partial charge in [0, 0.05) is 0 Å². The molecule has 0 spiro atoms. The van der Waals surface area contributed by atoms with Crippen LogP contribution < -0.4 is 61.6 Å². The van der Waals surface area contributed by atoms with E-state index in [1.54, 1.807) is 0 Å². The first-order chi connectivity index (χ1) is 10.3. The molecule has 0 N–H and O–H groups in total. The van der Waals surface area contributed by atoms with Gasteiger partial charge in [0.25, 0.3) is 0 Å². The monoisotopic (exact) mass is 353 g/mol. The number of quaternary nitrogens is 1. The Morgan fingerprint density at radius 1 is 0.783 bits per heavy atom. The summed E-state index contributed by atoms with van der Waals surface area (Å²) in [7, 11) is 2.45. The van der Waals surface area contributed by atoms with Gasteiger partial charge >= 0.3 is 51.4 Å². The smallest absolute Gasteiger partial charge is 0.545 e. The number of carboxylic acids is 2. The van der Waals surface area contributed by atoms with Gasteiger partial charge < -0.3 is 24.3 Å². The number of carbonyl (C=O) groups excluding carboxylic acids is 2. The van der Waals surface area contributed by atoms with Gasteiger partial charge in [0.05, 0.1) is 38.6 Å². The summed E-state index contributed by atoms with van der Waals surface area (Å²) in [6.45, 7) is 11.0. The van der Waals surface area contributed by atoms with E-state index in [-0.39, 0.29) is 51.4 Å². The third-order valence-corrected chi connectivity index (χ3v) is 3.51. The number of aliphatic carboxylic acids is 2. The van der Waals surface area contributed by atoms with Crippen LogP contribution in [0, 0.1) is 0 Å². The Kier molecular flexibility index (Phi) is 22.7. The molecule has 130 valence electrons. The average molecular weight is 354 g/mol. The predicted molar refractivity (Wildman–Crippen MR) is 84.7 cm³/mol. The molecule has 0 radical (unpaired) electrons. The van der Waals surface area contributed by atoms with Crippen molar-refractivity contribution in [3.05, 3.63) is 12.2 Å². The normalized spacial score (nSPS) is 10.6. The predicted octanol–water partition coefficient (Wildman–Crippen LogP) is -2.12. The molecule has 0 unspecified atom stereocenters. The number of hydrogen-bond donors (Lipinski definition) is 0. The van der Waals surface area contributed by atoms with E-state index in [0.29, 0.717) is 12.2 Å². The van der Waals surface area contributed by atoms with Gasteiger partial charge in [-0.25, -0.2) is 0 Å². The van der Waals surface area contributed by atoms with E-state index in [0.717, 1.165) is 0 Å². The van der Waals surface area contributed by atoms with Crippen molar-refractivity contribution < 1.29 is 75.7 Å². The van der Waals surface area contributed by atoms with Gasteiger partial charge in [0.15, 0.2) is 0 Å². The van der Waals surface area contributed by atoms with Crippen LogP contribution in [0.25, 0.3) is 0 Å². The van der Waals surface area contributed by atoms with Crippen LogP contribution in [-0.2, 0) is 9.59 Å². The van der Waals surface area contributed by atoms with Crippen LogP contribution in [0.1, 0.15) is 59.3 Å². The van der Waals surface area contributed by atoms with E-state index < -0.39 is 11.9 Å². The van der Waals surface area contributed by atoms with Gasteiger partial charge in [-0.3, -0.25) is 0 Å². The Balaban J connectivity index is -0.000000382. The molecule has 0 aliphatic heterocycles. The van der Waals surface area contributed by atoms with Gasteiger partial charge in [-0.05, 0) is 31.4 Å². The average Bonchev–Trinajstić information content (AvgIpc) is 2.48. The minimum absolute atomic E-state index is 0. The Labute approximate surface area is 184 Å². The third-order valence-electron chi connectivity index (χ3n) is 3.51. The molecule has 0 heterocycles. The Morgan fingerprint density at radius 2 is 1.04 bits per heavy atom. The minimum atomic E-state index is -1.55. The van der Waals surface area contributed by atoms with Gasteiger partial charge in [-0.1, -0.05) is 40.0 Å². The second-order valence-electron chi connectivity index (χ2n) is 5.82. The Morgan fingerprint density at radius 3 is 1.22 bits per heavy atom. The minimum Gasteiger partial charge on any atom is -0.545 e. The molecule has 0 amide bonds. The van der Waals surface area contributed by atoms with Gasteiger partial charge in [0.1, 0.15) is 0 Å². The molecule has 0 aliphatic carbocycles. The zero-order valence-electron chi connectivity index (χ0n) is 15.6. The Bertz CT molecular complexity index is 295. The maximum atomic E-state index is 9.41. The van der Waals surface area contributed by atoms with Crippen molar-refractivity contribution in [1.82, 2.24) is 0 Å². The molecular formula is C17H32KNO4. The molecule has 6 heteroatoms. The van der Waals surface area contributed by atoms with E-state index >= 15 is 0 Å². The Hall–Kier alpha value is 0.276. The summed E-state index contributed by atoms with van der Waals surface area (Å²) in [6.07, 6.45) is 8.97. The van der Waals surface area contributed by atoms with Crippen molar-refractivity contribution in [1.29, 1.82) is 0 Å². The number of unbranched alkanes of at least 4 members (excludes halogenated alkanes) is 3. The maximum Gasteiger partial charge on any atom is 1.00 e. The van der Waals surface area contributed by atoms with E-state index in [4.69, 9.17) is 0 Å². The number of carbonyl (C=O) groups is 2. The van der Waals surface area contributed by atoms with Crippen LogP contribution in [0.2, 0.25) is 0 Å². The summed E-state index contributed by atoms with van der Waals surface area (Å²) in [4.78, 5) is 18.8. The molecule has 0 aromatic heterocycles. The second-order valence-corrected chi connectivity index (χ2v) is 5.82. The zero-order valence-corrected chi connectivity index (χ0v) is 18.7. The quantitative estimate of drug-likeness (QED) is 0.242. The summed E-state index contributed by atoms with van der Waals surface area (Å²) in [6, 6.07) is 0. The fourth-order valence-electron chi connectivity index (χ4n) is 2.09. The summed E-state index contributed by atoms with van der Waals surface area (Å²) < 4.78 is 1.32. The zero-order chi connectivity index (χ0) is 17.4. The molecule has 0 aromatic rings. The molecule has 0 rings (SSSR count). The standard InChI is InChI=1S/C13H30N.C4H4O4.K/c1-5-8-11-14(4,12-9-6-2)13-10-7-3;5-3(6)1-2-4(7)8;/h5-13H2,1-4H3;1-2H,(H,5,6)(H,7,8);/q+1;;+1/p-2. The first kappa shape index (κ1) is 28.1. The van der Waals surface area contributed by atoms with Crippen LogP contribution in [0.15, 0.2) is 12.2 Å². The van der Waals surface area contributed by atoms with Crippen molar-refractivity contribution in [2.24, 2.45) is 0 Å². The van der Waals surface area contributed by atoms with Crippen molar-refractivity contribution in [2.45, 2.75) is 59.3 Å². The van der Waals surface area contributed by atoms with Crippen LogP contribution in [-0.4, -0.2) is 43.1 Å². The number of hydrogen-bond acceptors (Lipinski definition) is 4. The first-order valence-electron chi connectivity index (χ1n) is 8.24. The van der Waals surface area contributed by atoms with Crippen LogP contribution in [0.4, 0.5) is 0 Å². The van der Waals surface area contributed by atoms with E-state index in [1.807, 2.05) is 0 Å². The van der Waals surface area contributed by atoms with Gasteiger partial charge in [-0.15, -0.1) is 0 Å². The fraction of sp³-hybridized carbons (Fsp3) is 0.765. The number of carboxylic acid groups (broad SMARTS) is 2. The molecule has 0 saturated carbocycles. The summed E-state index contributed by atoms with van der Waals surface area (Å²) in [5.74, 6) is -3.09. The largest absolute Gasteiger partial charge is 1.00 e. The van der Waals surface area contributed by atoms with Crippen LogP contribution in [0.5, 0.6) is 0 Å². The first-order valence-corrected chi connectivity index (χ1v) is 8.24. The summed E-state index contributed by atoms with van der Waals surface area (Å²) >= 11 is 0. The van der Waals surface area contributed by atoms with Gasteiger partial charge in [0.2, 0.25) is 0 Å². The van der Waals surface area contributed by atoms with Crippen LogP contribution >= 0.6 is 0 Å². The van der Waals surface area contributed by atoms with Crippen molar-refractivity contribution >= 4 is 11.9 Å². The molecule has 0 aliphatic rings. The summed E-state index contributed by atoms with van der Waals surface area (Å²) in [5.41, 5.74) is 0. The molecule has 23 heavy (non-hydrogen) atoms. The topological polar surface area (TPSA) is 80.3 Å². The maximum absolute atomic E-state index is 9.41. The van der Waals surface area contributed by atoms with Crippen LogP contribution in [0.3, 0.4) is 0 Å². The molecule has 5 nitrogen and oxygen atoms in total. The molecule has 0 bridgehead atoms. The summed E-state index contributed by atoms with van der Waals surface area (Å²) in [5, 5.41) is 18.8. The molecule has 0 atom stereocenters. The molecule has 0 saturated heterocycles. The van der Waals surface area contributed by atoms with E-state index in [1.165, 1.54) is 62.6 Å². The molecular weight excluding hydrogens is 321 g/mol. The van der Waals surface area contributed by atoms with Gasteiger partial charge in [-0.2, -0.15) is 0 Å². The van der Waals surface area contributed by atoms with Crippen molar-refractivity contribution in [3.8, 4) is 0 Å². The number of rotatable bonds is 11. The molecule has 0 fully saturated rings. The fourth-order valence-corrected chi connectivity index (χ4v) is 2.09. The molecule has 0 aromatic carbocycles. The third kappa shape index (κ3) is 22.3. The van der Waals surface area contributed by atoms with Crippen molar-refractivity contribution in [3.63, 3.8) is 0 Å². The second kappa shape index (κ2) is 18.6. The van der Waals surface area contributed by atoms with E-state index in [9.17, 15) is 19.8 Å². The number of nitrogens with zero attached hydrogens (tertiary/aromatic N) is 1. The van der Waals surface area contributed by atoms with Crippen molar-refractivity contribution in [2.75, 3.05) is 26.7 Å².